The van der Waals surface area contributed by atoms with Crippen LogP contribution < -0.4 is 5.32 Å². The van der Waals surface area contributed by atoms with Gasteiger partial charge in [-0.25, -0.2) is 9.97 Å². The number of para-hydroxylation sites is 2. The molecule has 5 nitrogen and oxygen atoms in total. The van der Waals surface area contributed by atoms with E-state index in [2.05, 4.69) is 21.4 Å². The lowest BCUT2D eigenvalue weighted by atomic mass is 9.99. The van der Waals surface area contributed by atoms with E-state index in [0.717, 1.165) is 33.6 Å². The number of hydrogen-bond donors (Lipinski definition) is 1. The first-order valence-electron chi connectivity index (χ1n) is 8.28. The summed E-state index contributed by atoms with van der Waals surface area (Å²) in [7, 11) is 0. The largest absolute Gasteiger partial charge is 0.439 e. The lowest BCUT2D eigenvalue weighted by Crippen LogP contribution is -2.01. The summed E-state index contributed by atoms with van der Waals surface area (Å²) < 4.78 is 5.72. The average Bonchev–Trinajstić information content (AvgIpc) is 3.09. The molecular formula is C21H16N4O. The summed E-state index contributed by atoms with van der Waals surface area (Å²) in [5.41, 5.74) is 5.46. The van der Waals surface area contributed by atoms with Crippen LogP contribution in [0, 0.1) is 18.3 Å². The first kappa shape index (κ1) is 15.9. The van der Waals surface area contributed by atoms with Crippen molar-refractivity contribution in [1.29, 1.82) is 5.26 Å². The van der Waals surface area contributed by atoms with E-state index in [9.17, 15) is 0 Å². The van der Waals surface area contributed by atoms with Crippen LogP contribution in [0.3, 0.4) is 0 Å². The second kappa shape index (κ2) is 6.69. The number of pyridine rings is 1. The Bertz CT molecular complexity index is 1090. The van der Waals surface area contributed by atoms with E-state index in [1.807, 2.05) is 61.5 Å². The molecule has 2 heterocycles. The monoisotopic (exact) mass is 340 g/mol. The predicted octanol–water partition coefficient (Wildman–Crippen LogP) is 4.68. The molecule has 0 fully saturated rings. The second-order valence-corrected chi connectivity index (χ2v) is 6.00. The summed E-state index contributed by atoms with van der Waals surface area (Å²) in [5, 5.41) is 12.3. The fraction of sp³-hybridized carbons (Fsp3) is 0.0952. The van der Waals surface area contributed by atoms with Crippen molar-refractivity contribution in [1.82, 2.24) is 9.97 Å². The standard InChI is InChI=1S/C21H16N4O/c1-14-10-15(12-22)6-7-17(14)16-8-9-23-20(11-16)24-13-21-25-18-4-2-3-5-19(18)26-21/h2-11H,13H2,1H3,(H,23,24). The maximum absolute atomic E-state index is 9.01. The Kier molecular flexibility index (Phi) is 4.08. The summed E-state index contributed by atoms with van der Waals surface area (Å²) in [6, 6.07) is 19.5. The van der Waals surface area contributed by atoms with Crippen molar-refractivity contribution in [3.05, 3.63) is 77.8 Å². The van der Waals surface area contributed by atoms with E-state index < -0.39 is 0 Å². The predicted molar refractivity (Wildman–Crippen MR) is 100 cm³/mol. The van der Waals surface area contributed by atoms with Gasteiger partial charge in [-0.3, -0.25) is 0 Å². The lowest BCUT2D eigenvalue weighted by molar-refractivity contribution is 0.540. The maximum atomic E-state index is 9.01. The van der Waals surface area contributed by atoms with Crippen molar-refractivity contribution in [2.45, 2.75) is 13.5 Å². The topological polar surface area (TPSA) is 74.7 Å². The first-order chi connectivity index (χ1) is 12.7. The normalized spacial score (nSPS) is 10.6. The molecule has 4 rings (SSSR count). The highest BCUT2D eigenvalue weighted by atomic mass is 16.3. The molecule has 0 atom stereocenters. The zero-order chi connectivity index (χ0) is 17.9. The van der Waals surface area contributed by atoms with Crippen LogP contribution in [0.2, 0.25) is 0 Å². The molecule has 0 bridgehead atoms. The molecule has 2 aromatic carbocycles. The number of fused-ring (bicyclic) bond motifs is 1. The smallest absolute Gasteiger partial charge is 0.214 e. The minimum Gasteiger partial charge on any atom is -0.439 e. The number of aromatic nitrogens is 2. The number of hydrogen-bond acceptors (Lipinski definition) is 5. The molecule has 5 heteroatoms. The van der Waals surface area contributed by atoms with Crippen molar-refractivity contribution in [3.63, 3.8) is 0 Å². The Balaban J connectivity index is 1.55. The fourth-order valence-electron chi connectivity index (χ4n) is 2.91. The summed E-state index contributed by atoms with van der Waals surface area (Å²) in [6.45, 7) is 2.46. The van der Waals surface area contributed by atoms with Gasteiger partial charge in [0, 0.05) is 6.20 Å². The Morgan fingerprint density at radius 1 is 1.12 bits per heavy atom. The Hall–Kier alpha value is -3.65. The van der Waals surface area contributed by atoms with Gasteiger partial charge in [0.1, 0.15) is 11.3 Å². The van der Waals surface area contributed by atoms with Crippen LogP contribution >= 0.6 is 0 Å². The highest BCUT2D eigenvalue weighted by Crippen LogP contribution is 2.26. The summed E-state index contributed by atoms with van der Waals surface area (Å²) in [6.07, 6.45) is 1.77. The van der Waals surface area contributed by atoms with Gasteiger partial charge in [0.2, 0.25) is 5.89 Å². The average molecular weight is 340 g/mol. The van der Waals surface area contributed by atoms with Gasteiger partial charge in [-0.15, -0.1) is 0 Å². The molecule has 0 unspecified atom stereocenters. The number of oxazole rings is 1. The highest BCUT2D eigenvalue weighted by molar-refractivity contribution is 5.72. The molecular weight excluding hydrogens is 324 g/mol. The van der Waals surface area contributed by atoms with Crippen molar-refractivity contribution in [2.24, 2.45) is 0 Å². The second-order valence-electron chi connectivity index (χ2n) is 6.00. The van der Waals surface area contributed by atoms with E-state index in [-0.39, 0.29) is 0 Å². The molecule has 126 valence electrons. The van der Waals surface area contributed by atoms with Gasteiger partial charge in [-0.2, -0.15) is 5.26 Å². The molecule has 0 saturated heterocycles. The number of nitrogens with zero attached hydrogens (tertiary/aromatic N) is 3. The van der Waals surface area contributed by atoms with Crippen LogP contribution in [-0.2, 0) is 6.54 Å². The Morgan fingerprint density at radius 3 is 2.81 bits per heavy atom. The quantitative estimate of drug-likeness (QED) is 0.584. The van der Waals surface area contributed by atoms with Gasteiger partial charge >= 0.3 is 0 Å². The van der Waals surface area contributed by atoms with Crippen LogP contribution in [0.15, 0.2) is 65.2 Å². The molecule has 4 aromatic rings. The lowest BCUT2D eigenvalue weighted by Gasteiger charge is -2.09. The molecule has 2 aromatic heterocycles. The van der Waals surface area contributed by atoms with Gasteiger partial charge in [-0.05, 0) is 60.0 Å². The third-order valence-corrected chi connectivity index (χ3v) is 4.19. The minimum absolute atomic E-state index is 0.456. The Morgan fingerprint density at radius 2 is 2.00 bits per heavy atom. The van der Waals surface area contributed by atoms with Crippen LogP contribution in [0.4, 0.5) is 5.82 Å². The maximum Gasteiger partial charge on any atom is 0.214 e. The van der Waals surface area contributed by atoms with E-state index in [4.69, 9.17) is 9.68 Å². The molecule has 0 amide bonds. The van der Waals surface area contributed by atoms with Gasteiger partial charge in [0.05, 0.1) is 18.2 Å². The minimum atomic E-state index is 0.456. The van der Waals surface area contributed by atoms with Crippen molar-refractivity contribution >= 4 is 16.9 Å². The van der Waals surface area contributed by atoms with E-state index in [0.29, 0.717) is 18.0 Å². The fourth-order valence-corrected chi connectivity index (χ4v) is 2.91. The molecule has 0 saturated carbocycles. The first-order valence-corrected chi connectivity index (χ1v) is 8.28. The zero-order valence-corrected chi connectivity index (χ0v) is 14.2. The van der Waals surface area contributed by atoms with Crippen molar-refractivity contribution < 1.29 is 4.42 Å². The number of aryl methyl sites for hydroxylation is 1. The van der Waals surface area contributed by atoms with Gasteiger partial charge in [-0.1, -0.05) is 18.2 Å². The van der Waals surface area contributed by atoms with Gasteiger partial charge in [0.25, 0.3) is 0 Å². The molecule has 0 spiro atoms. The summed E-state index contributed by atoms with van der Waals surface area (Å²) in [4.78, 5) is 8.82. The number of rotatable bonds is 4. The summed E-state index contributed by atoms with van der Waals surface area (Å²) >= 11 is 0. The Labute approximate surface area is 150 Å². The van der Waals surface area contributed by atoms with Crippen molar-refractivity contribution in [2.75, 3.05) is 5.32 Å². The SMILES string of the molecule is Cc1cc(C#N)ccc1-c1ccnc(NCc2nc3ccccc3o2)c1. The number of benzene rings is 2. The third-order valence-electron chi connectivity index (χ3n) is 4.19. The van der Waals surface area contributed by atoms with E-state index in [1.54, 1.807) is 6.20 Å². The van der Waals surface area contributed by atoms with E-state index >= 15 is 0 Å². The number of nitrogens with one attached hydrogen (secondary N) is 1. The molecule has 0 aliphatic carbocycles. The zero-order valence-electron chi connectivity index (χ0n) is 14.2. The molecule has 26 heavy (non-hydrogen) atoms. The highest BCUT2D eigenvalue weighted by Gasteiger charge is 2.07. The number of nitriles is 1. The van der Waals surface area contributed by atoms with Crippen LogP contribution in [0.1, 0.15) is 17.0 Å². The van der Waals surface area contributed by atoms with Crippen LogP contribution in [0.5, 0.6) is 0 Å². The van der Waals surface area contributed by atoms with Gasteiger partial charge < -0.3 is 9.73 Å². The third kappa shape index (κ3) is 3.13. The summed E-state index contributed by atoms with van der Waals surface area (Å²) in [5.74, 6) is 1.36. The van der Waals surface area contributed by atoms with Gasteiger partial charge in [0.15, 0.2) is 5.58 Å². The van der Waals surface area contributed by atoms with Crippen molar-refractivity contribution in [3.8, 4) is 17.2 Å². The van der Waals surface area contributed by atoms with Crippen LogP contribution in [-0.4, -0.2) is 9.97 Å². The molecule has 0 aliphatic rings. The van der Waals surface area contributed by atoms with E-state index in [1.165, 1.54) is 0 Å². The molecule has 1 N–H and O–H groups in total. The molecule has 0 aliphatic heterocycles. The molecule has 0 radical (unpaired) electrons. The number of anilines is 1. The van der Waals surface area contributed by atoms with Crippen LogP contribution in [0.25, 0.3) is 22.2 Å².